The second-order valence-corrected chi connectivity index (χ2v) is 2.08. The topological polar surface area (TPSA) is 52.0 Å². The SMILES string of the molecule is NCc1[c]cccc1CN. The molecule has 53 valence electrons. The first kappa shape index (κ1) is 7.25. The minimum Gasteiger partial charge on any atom is -0.326 e. The smallest absolute Gasteiger partial charge is 0.0187 e. The van der Waals surface area contributed by atoms with E-state index in [9.17, 15) is 0 Å². The number of hydrogen-bond donors (Lipinski definition) is 2. The van der Waals surface area contributed by atoms with Crippen LogP contribution in [0, 0.1) is 6.07 Å². The Kier molecular flexibility index (Phi) is 2.42. The highest BCUT2D eigenvalue weighted by Crippen LogP contribution is 2.04. The molecule has 0 aromatic heterocycles. The summed E-state index contributed by atoms with van der Waals surface area (Å²) in [6.45, 7) is 1.07. The Morgan fingerprint density at radius 1 is 1.30 bits per heavy atom. The molecule has 0 aliphatic carbocycles. The molecule has 0 aliphatic heterocycles. The zero-order chi connectivity index (χ0) is 7.40. The van der Waals surface area contributed by atoms with E-state index in [4.69, 9.17) is 11.5 Å². The summed E-state index contributed by atoms with van der Waals surface area (Å²) in [5, 5.41) is 0. The number of rotatable bonds is 2. The molecule has 2 nitrogen and oxygen atoms in total. The lowest BCUT2D eigenvalue weighted by molar-refractivity contribution is 0.977. The normalized spacial score (nSPS) is 9.80. The average Bonchev–Trinajstić information content (AvgIpc) is 2.04. The number of hydrogen-bond acceptors (Lipinski definition) is 2. The van der Waals surface area contributed by atoms with Gasteiger partial charge in [0.25, 0.3) is 0 Å². The van der Waals surface area contributed by atoms with Gasteiger partial charge in [0, 0.05) is 13.1 Å². The summed E-state index contributed by atoms with van der Waals surface area (Å²) < 4.78 is 0. The van der Waals surface area contributed by atoms with Crippen LogP contribution in [0.1, 0.15) is 11.1 Å². The van der Waals surface area contributed by atoms with E-state index in [-0.39, 0.29) is 0 Å². The standard InChI is InChI=1S/C8H11N2/c9-5-7-3-1-2-4-8(7)6-10/h1-3H,5-6,9-10H2. The van der Waals surface area contributed by atoms with Gasteiger partial charge in [-0.15, -0.1) is 0 Å². The summed E-state index contributed by atoms with van der Waals surface area (Å²) >= 11 is 0. The summed E-state index contributed by atoms with van der Waals surface area (Å²) in [6, 6.07) is 8.77. The van der Waals surface area contributed by atoms with Crippen molar-refractivity contribution in [1.29, 1.82) is 0 Å². The lowest BCUT2D eigenvalue weighted by atomic mass is 10.1. The van der Waals surface area contributed by atoms with E-state index < -0.39 is 0 Å². The molecule has 0 aliphatic rings. The maximum Gasteiger partial charge on any atom is 0.0187 e. The molecule has 4 N–H and O–H groups in total. The van der Waals surface area contributed by atoms with Crippen LogP contribution in [-0.2, 0) is 13.1 Å². The van der Waals surface area contributed by atoms with Crippen LogP contribution in [0.3, 0.4) is 0 Å². The maximum absolute atomic E-state index is 5.45. The Hall–Kier alpha value is -0.860. The molecule has 0 fully saturated rings. The third kappa shape index (κ3) is 1.35. The summed E-state index contributed by atoms with van der Waals surface area (Å²) in [4.78, 5) is 0. The molecule has 0 spiro atoms. The maximum atomic E-state index is 5.45. The highest BCUT2D eigenvalue weighted by atomic mass is 14.6. The molecule has 0 bridgehead atoms. The molecule has 0 atom stereocenters. The van der Waals surface area contributed by atoms with Crippen LogP contribution in [0.5, 0.6) is 0 Å². The highest BCUT2D eigenvalue weighted by Gasteiger charge is 1.94. The fraction of sp³-hybridized carbons (Fsp3) is 0.250. The molecule has 1 radical (unpaired) electrons. The monoisotopic (exact) mass is 135 g/mol. The third-order valence-electron chi connectivity index (χ3n) is 1.46. The quantitative estimate of drug-likeness (QED) is 0.617. The van der Waals surface area contributed by atoms with Crippen molar-refractivity contribution in [2.24, 2.45) is 11.5 Å². The minimum atomic E-state index is 0.521. The second-order valence-electron chi connectivity index (χ2n) is 2.08. The zero-order valence-electron chi connectivity index (χ0n) is 5.80. The van der Waals surface area contributed by atoms with Gasteiger partial charge in [0.05, 0.1) is 0 Å². The van der Waals surface area contributed by atoms with Crippen molar-refractivity contribution in [3.05, 3.63) is 35.4 Å². The van der Waals surface area contributed by atoms with Gasteiger partial charge in [-0.05, 0) is 17.2 Å². The van der Waals surface area contributed by atoms with Crippen molar-refractivity contribution in [2.45, 2.75) is 13.1 Å². The Balaban J connectivity index is 2.96. The van der Waals surface area contributed by atoms with Gasteiger partial charge in [-0.1, -0.05) is 18.2 Å². The van der Waals surface area contributed by atoms with Crippen LogP contribution < -0.4 is 11.5 Å². The van der Waals surface area contributed by atoms with E-state index >= 15 is 0 Å². The molecule has 0 amide bonds. The van der Waals surface area contributed by atoms with Crippen LogP contribution in [0.2, 0.25) is 0 Å². The molecule has 0 unspecified atom stereocenters. The molecule has 1 aromatic rings. The summed E-state index contributed by atoms with van der Waals surface area (Å²) in [7, 11) is 0. The van der Waals surface area contributed by atoms with Gasteiger partial charge in [-0.2, -0.15) is 0 Å². The Labute approximate surface area is 60.8 Å². The van der Waals surface area contributed by atoms with Gasteiger partial charge in [0.15, 0.2) is 0 Å². The molecular formula is C8H11N2. The molecule has 10 heavy (non-hydrogen) atoms. The summed E-state index contributed by atoms with van der Waals surface area (Å²) in [5.74, 6) is 0. The first-order valence-corrected chi connectivity index (χ1v) is 3.27. The van der Waals surface area contributed by atoms with Gasteiger partial charge in [0.2, 0.25) is 0 Å². The Bertz CT molecular complexity index is 185. The van der Waals surface area contributed by atoms with E-state index in [2.05, 4.69) is 6.07 Å². The average molecular weight is 135 g/mol. The van der Waals surface area contributed by atoms with E-state index in [0.717, 1.165) is 11.1 Å². The first-order chi connectivity index (χ1) is 4.88. The van der Waals surface area contributed by atoms with Crippen molar-refractivity contribution in [1.82, 2.24) is 0 Å². The fourth-order valence-electron chi connectivity index (χ4n) is 0.888. The van der Waals surface area contributed by atoms with E-state index in [1.54, 1.807) is 0 Å². The van der Waals surface area contributed by atoms with Crippen molar-refractivity contribution in [3.8, 4) is 0 Å². The van der Waals surface area contributed by atoms with Gasteiger partial charge < -0.3 is 11.5 Å². The van der Waals surface area contributed by atoms with E-state index in [1.807, 2.05) is 18.2 Å². The Morgan fingerprint density at radius 2 is 2.10 bits per heavy atom. The summed E-state index contributed by atoms with van der Waals surface area (Å²) in [6.07, 6.45) is 0. The fourth-order valence-corrected chi connectivity index (χ4v) is 0.888. The van der Waals surface area contributed by atoms with Gasteiger partial charge in [-0.25, -0.2) is 0 Å². The molecule has 0 saturated carbocycles. The molecule has 1 rings (SSSR count). The minimum absolute atomic E-state index is 0.521. The van der Waals surface area contributed by atoms with E-state index in [0.29, 0.717) is 13.1 Å². The first-order valence-electron chi connectivity index (χ1n) is 3.27. The zero-order valence-corrected chi connectivity index (χ0v) is 5.80. The Morgan fingerprint density at radius 3 is 2.60 bits per heavy atom. The van der Waals surface area contributed by atoms with Crippen LogP contribution in [0.15, 0.2) is 18.2 Å². The van der Waals surface area contributed by atoms with E-state index in [1.165, 1.54) is 0 Å². The van der Waals surface area contributed by atoms with Crippen LogP contribution in [-0.4, -0.2) is 0 Å². The van der Waals surface area contributed by atoms with Gasteiger partial charge >= 0.3 is 0 Å². The lowest BCUT2D eigenvalue weighted by Crippen LogP contribution is -2.05. The highest BCUT2D eigenvalue weighted by molar-refractivity contribution is 5.25. The predicted molar refractivity (Wildman–Crippen MR) is 41.1 cm³/mol. The molecule has 0 heterocycles. The van der Waals surface area contributed by atoms with Crippen LogP contribution >= 0.6 is 0 Å². The van der Waals surface area contributed by atoms with Gasteiger partial charge in [-0.3, -0.25) is 0 Å². The molecular weight excluding hydrogens is 124 g/mol. The van der Waals surface area contributed by atoms with Crippen molar-refractivity contribution >= 4 is 0 Å². The van der Waals surface area contributed by atoms with Crippen LogP contribution in [0.25, 0.3) is 0 Å². The van der Waals surface area contributed by atoms with Crippen molar-refractivity contribution in [3.63, 3.8) is 0 Å². The van der Waals surface area contributed by atoms with Gasteiger partial charge in [0.1, 0.15) is 0 Å². The summed E-state index contributed by atoms with van der Waals surface area (Å²) in [5.41, 5.74) is 13.0. The number of nitrogens with two attached hydrogens (primary N) is 2. The number of benzene rings is 1. The largest absolute Gasteiger partial charge is 0.326 e. The molecule has 1 aromatic carbocycles. The van der Waals surface area contributed by atoms with Crippen LogP contribution in [0.4, 0.5) is 0 Å². The lowest BCUT2D eigenvalue weighted by Gasteiger charge is -2.01. The third-order valence-corrected chi connectivity index (χ3v) is 1.46. The van der Waals surface area contributed by atoms with Crippen molar-refractivity contribution < 1.29 is 0 Å². The predicted octanol–water partition coefficient (Wildman–Crippen LogP) is 0.404. The molecule has 2 heteroatoms. The van der Waals surface area contributed by atoms with Crippen molar-refractivity contribution in [2.75, 3.05) is 0 Å². The second kappa shape index (κ2) is 3.34. The molecule has 0 saturated heterocycles.